The second-order valence-electron chi connectivity index (χ2n) is 5.22. The first-order valence-corrected chi connectivity index (χ1v) is 7.79. The van der Waals surface area contributed by atoms with Crippen LogP contribution in [0.5, 0.6) is 0 Å². The summed E-state index contributed by atoms with van der Waals surface area (Å²) in [4.78, 5) is 2.14. The van der Waals surface area contributed by atoms with Gasteiger partial charge in [-0.2, -0.15) is 5.10 Å². The van der Waals surface area contributed by atoms with Crippen LogP contribution in [0.3, 0.4) is 0 Å². The number of rotatable bonds is 6. The molecule has 0 aromatic heterocycles. The molecule has 0 bridgehead atoms. The Morgan fingerprint density at radius 1 is 1.04 bits per heavy atom. The predicted octanol–water partition coefficient (Wildman–Crippen LogP) is 5.18. The quantitative estimate of drug-likeness (QED) is 0.558. The molecule has 0 saturated heterocycles. The molecule has 0 fully saturated rings. The third-order valence-corrected chi connectivity index (χ3v) is 3.88. The molecule has 1 N–H and O–H groups in total. The zero-order chi connectivity index (χ0) is 15.9. The van der Waals surface area contributed by atoms with E-state index in [1.807, 2.05) is 24.3 Å². The first-order chi connectivity index (χ1) is 10.6. The van der Waals surface area contributed by atoms with Gasteiger partial charge < -0.3 is 4.90 Å². The van der Waals surface area contributed by atoms with Gasteiger partial charge in [0.25, 0.3) is 0 Å². The molecular formula is C17H20Cl3N3. The molecule has 2 rings (SSSR count). The summed E-state index contributed by atoms with van der Waals surface area (Å²) in [6.45, 7) is 0.927. The minimum atomic E-state index is 0. The summed E-state index contributed by atoms with van der Waals surface area (Å²) in [6.07, 6.45) is 0.853. The second-order valence-corrected chi connectivity index (χ2v) is 6.03. The summed E-state index contributed by atoms with van der Waals surface area (Å²) in [6, 6.07) is 15.5. The Bertz CT molecular complexity index is 643. The van der Waals surface area contributed by atoms with Crippen molar-refractivity contribution < 1.29 is 0 Å². The number of nitrogens with zero attached hydrogens (tertiary/aromatic N) is 2. The maximum absolute atomic E-state index is 6.02. The summed E-state index contributed by atoms with van der Waals surface area (Å²) in [5, 5.41) is 5.59. The van der Waals surface area contributed by atoms with E-state index in [-0.39, 0.29) is 12.4 Å². The molecule has 0 heterocycles. The lowest BCUT2D eigenvalue weighted by molar-refractivity contribution is 0.422. The van der Waals surface area contributed by atoms with E-state index < -0.39 is 0 Å². The number of benzene rings is 2. The van der Waals surface area contributed by atoms with Gasteiger partial charge in [0, 0.05) is 13.0 Å². The van der Waals surface area contributed by atoms with Gasteiger partial charge in [-0.3, -0.25) is 5.43 Å². The van der Waals surface area contributed by atoms with E-state index in [0.29, 0.717) is 10.0 Å². The Labute approximate surface area is 153 Å². The van der Waals surface area contributed by atoms with Crippen LogP contribution in [0.1, 0.15) is 12.0 Å². The van der Waals surface area contributed by atoms with Crippen LogP contribution in [-0.2, 0) is 0 Å². The van der Waals surface area contributed by atoms with Gasteiger partial charge in [0.2, 0.25) is 0 Å². The fraction of sp³-hybridized carbons (Fsp3) is 0.235. The third-order valence-electron chi connectivity index (χ3n) is 3.14. The number of hydrazone groups is 1. The minimum absolute atomic E-state index is 0. The van der Waals surface area contributed by atoms with Gasteiger partial charge in [-0.25, -0.2) is 0 Å². The van der Waals surface area contributed by atoms with E-state index in [4.69, 9.17) is 23.2 Å². The Balaban J connectivity index is 0.00000264. The molecule has 3 nitrogen and oxygen atoms in total. The zero-order valence-corrected chi connectivity index (χ0v) is 15.4. The number of anilines is 1. The Hall–Kier alpha value is -1.26. The standard InChI is InChI=1S/C17H19Cl2N3.ClH/c1-22(2)11-10-17(13-6-4-3-5-7-13)21-20-14-8-9-15(18)16(19)12-14;/h3-9,12,20H,10-11H2,1-2H3;1H/b21-17+;. The van der Waals surface area contributed by atoms with Gasteiger partial charge in [-0.05, 0) is 37.9 Å². The van der Waals surface area contributed by atoms with Crippen molar-refractivity contribution in [2.24, 2.45) is 5.10 Å². The highest BCUT2D eigenvalue weighted by Crippen LogP contribution is 2.25. The van der Waals surface area contributed by atoms with Crippen molar-refractivity contribution in [1.29, 1.82) is 0 Å². The van der Waals surface area contributed by atoms with Crippen molar-refractivity contribution >= 4 is 47.0 Å². The van der Waals surface area contributed by atoms with Crippen LogP contribution >= 0.6 is 35.6 Å². The first-order valence-electron chi connectivity index (χ1n) is 7.04. The van der Waals surface area contributed by atoms with Gasteiger partial charge in [-0.1, -0.05) is 53.5 Å². The third kappa shape index (κ3) is 6.40. The molecule has 0 aliphatic rings. The lowest BCUT2D eigenvalue weighted by Gasteiger charge is -2.12. The summed E-state index contributed by atoms with van der Waals surface area (Å²) in [5.41, 5.74) is 5.98. The lowest BCUT2D eigenvalue weighted by atomic mass is 10.1. The van der Waals surface area contributed by atoms with E-state index in [0.717, 1.165) is 29.9 Å². The summed E-state index contributed by atoms with van der Waals surface area (Å²) in [5.74, 6) is 0. The zero-order valence-electron chi connectivity index (χ0n) is 13.1. The molecule has 2 aromatic carbocycles. The predicted molar refractivity (Wildman–Crippen MR) is 103 cm³/mol. The molecule has 124 valence electrons. The highest BCUT2D eigenvalue weighted by molar-refractivity contribution is 6.42. The Morgan fingerprint density at radius 2 is 1.74 bits per heavy atom. The SMILES string of the molecule is CN(C)CC/C(=N\Nc1ccc(Cl)c(Cl)c1)c1ccccc1.Cl. The average molecular weight is 373 g/mol. The van der Waals surface area contributed by atoms with E-state index >= 15 is 0 Å². The van der Waals surface area contributed by atoms with Gasteiger partial charge in [0.05, 0.1) is 21.4 Å². The number of halogens is 3. The molecule has 0 aliphatic heterocycles. The molecule has 6 heteroatoms. The molecular weight excluding hydrogens is 353 g/mol. The van der Waals surface area contributed by atoms with Crippen molar-refractivity contribution in [3.63, 3.8) is 0 Å². The summed E-state index contributed by atoms with van der Waals surface area (Å²) in [7, 11) is 4.10. The van der Waals surface area contributed by atoms with E-state index in [1.54, 1.807) is 12.1 Å². The topological polar surface area (TPSA) is 27.6 Å². The normalized spacial score (nSPS) is 11.3. The molecule has 23 heavy (non-hydrogen) atoms. The number of nitrogens with one attached hydrogen (secondary N) is 1. The Kier molecular flexibility index (Phi) is 8.42. The molecule has 0 spiro atoms. The lowest BCUT2D eigenvalue weighted by Crippen LogP contribution is -2.18. The van der Waals surface area contributed by atoms with Gasteiger partial charge in [-0.15, -0.1) is 12.4 Å². The van der Waals surface area contributed by atoms with Crippen molar-refractivity contribution in [2.75, 3.05) is 26.1 Å². The average Bonchev–Trinajstić information content (AvgIpc) is 2.51. The van der Waals surface area contributed by atoms with Crippen LogP contribution in [0.4, 0.5) is 5.69 Å². The monoisotopic (exact) mass is 371 g/mol. The van der Waals surface area contributed by atoms with E-state index in [2.05, 4.69) is 41.7 Å². The van der Waals surface area contributed by atoms with Crippen LogP contribution in [0.15, 0.2) is 53.6 Å². The van der Waals surface area contributed by atoms with Crippen molar-refractivity contribution in [2.45, 2.75) is 6.42 Å². The van der Waals surface area contributed by atoms with Crippen LogP contribution in [0.25, 0.3) is 0 Å². The van der Waals surface area contributed by atoms with E-state index in [9.17, 15) is 0 Å². The Morgan fingerprint density at radius 3 is 2.35 bits per heavy atom. The first kappa shape index (κ1) is 19.8. The fourth-order valence-electron chi connectivity index (χ4n) is 1.92. The molecule has 2 aromatic rings. The van der Waals surface area contributed by atoms with Crippen LogP contribution in [0.2, 0.25) is 10.0 Å². The van der Waals surface area contributed by atoms with Crippen LogP contribution in [-0.4, -0.2) is 31.3 Å². The second kappa shape index (κ2) is 9.78. The summed E-state index contributed by atoms with van der Waals surface area (Å²) >= 11 is 11.9. The molecule has 0 unspecified atom stereocenters. The molecule has 0 radical (unpaired) electrons. The molecule has 0 aliphatic carbocycles. The van der Waals surface area contributed by atoms with Gasteiger partial charge in [0.1, 0.15) is 0 Å². The fourth-order valence-corrected chi connectivity index (χ4v) is 2.22. The van der Waals surface area contributed by atoms with Crippen LogP contribution < -0.4 is 5.43 Å². The maximum atomic E-state index is 6.02. The minimum Gasteiger partial charge on any atom is -0.309 e. The molecule has 0 amide bonds. The van der Waals surface area contributed by atoms with Crippen molar-refractivity contribution in [3.05, 3.63) is 64.1 Å². The molecule has 0 saturated carbocycles. The summed E-state index contributed by atoms with van der Waals surface area (Å²) < 4.78 is 0. The molecule has 0 atom stereocenters. The van der Waals surface area contributed by atoms with Gasteiger partial charge >= 0.3 is 0 Å². The highest BCUT2D eigenvalue weighted by atomic mass is 35.5. The maximum Gasteiger partial charge on any atom is 0.0692 e. The number of hydrogen-bond donors (Lipinski definition) is 1. The largest absolute Gasteiger partial charge is 0.309 e. The van der Waals surface area contributed by atoms with Gasteiger partial charge in [0.15, 0.2) is 0 Å². The van der Waals surface area contributed by atoms with Crippen molar-refractivity contribution in [1.82, 2.24) is 4.90 Å². The van der Waals surface area contributed by atoms with Crippen molar-refractivity contribution in [3.8, 4) is 0 Å². The number of hydrogen-bond acceptors (Lipinski definition) is 3. The smallest absolute Gasteiger partial charge is 0.0692 e. The van der Waals surface area contributed by atoms with Crippen LogP contribution in [0, 0.1) is 0 Å². The van der Waals surface area contributed by atoms with E-state index in [1.165, 1.54) is 0 Å². The highest BCUT2D eigenvalue weighted by Gasteiger charge is 2.05.